The third-order valence-corrected chi connectivity index (χ3v) is 6.03. The van der Waals surface area contributed by atoms with Gasteiger partial charge in [-0.05, 0) is 59.4 Å². The zero-order valence-electron chi connectivity index (χ0n) is 14.8. The molecule has 5 heteroatoms. The van der Waals surface area contributed by atoms with E-state index in [2.05, 4.69) is 76.9 Å². The summed E-state index contributed by atoms with van der Waals surface area (Å²) in [6.45, 7) is 4.42. The Labute approximate surface area is 163 Å². The standard InChI is InChI=1S/C21H21N3S2/c1-14(2)15-8-10-16(11-9-15)24-20(18-7-5-13-26-18)19(23-21(24)25)17-6-3-4-12-22-17/h3-14,19-20H,1-2H3,(H,23,25)/t19-,20+/m0/s1. The molecule has 3 aromatic rings. The van der Waals surface area contributed by atoms with Gasteiger partial charge in [-0.1, -0.05) is 38.1 Å². The van der Waals surface area contributed by atoms with Crippen LogP contribution in [0.3, 0.4) is 0 Å². The minimum absolute atomic E-state index is 0.0344. The largest absolute Gasteiger partial charge is 0.351 e. The number of pyridine rings is 1. The number of hydrogen-bond donors (Lipinski definition) is 1. The first-order chi connectivity index (χ1) is 12.6. The third-order valence-electron chi connectivity index (χ3n) is 4.77. The van der Waals surface area contributed by atoms with Crippen molar-refractivity contribution < 1.29 is 0 Å². The normalized spacial score (nSPS) is 19.8. The van der Waals surface area contributed by atoms with Gasteiger partial charge in [0.2, 0.25) is 0 Å². The summed E-state index contributed by atoms with van der Waals surface area (Å²) in [7, 11) is 0. The lowest BCUT2D eigenvalue weighted by molar-refractivity contribution is 0.575. The van der Waals surface area contributed by atoms with Crippen LogP contribution in [-0.4, -0.2) is 10.1 Å². The van der Waals surface area contributed by atoms with Crippen LogP contribution in [0.4, 0.5) is 5.69 Å². The van der Waals surface area contributed by atoms with Gasteiger partial charge in [-0.2, -0.15) is 0 Å². The summed E-state index contributed by atoms with van der Waals surface area (Å²) in [5, 5.41) is 6.36. The minimum atomic E-state index is 0.0344. The minimum Gasteiger partial charge on any atom is -0.351 e. The van der Waals surface area contributed by atoms with E-state index in [-0.39, 0.29) is 12.1 Å². The number of thiocarbonyl (C=S) groups is 1. The number of thiophene rings is 1. The molecule has 1 aliphatic heterocycles. The second-order valence-corrected chi connectivity index (χ2v) is 8.12. The van der Waals surface area contributed by atoms with Gasteiger partial charge in [0.1, 0.15) is 0 Å². The number of aromatic nitrogens is 1. The van der Waals surface area contributed by atoms with Gasteiger partial charge in [0.15, 0.2) is 5.11 Å². The fraction of sp³-hybridized carbons (Fsp3) is 0.238. The smallest absolute Gasteiger partial charge is 0.174 e. The Morgan fingerprint density at radius 1 is 1.08 bits per heavy atom. The molecular weight excluding hydrogens is 358 g/mol. The molecule has 1 aromatic carbocycles. The van der Waals surface area contributed by atoms with E-state index in [1.807, 2.05) is 18.3 Å². The van der Waals surface area contributed by atoms with Gasteiger partial charge in [-0.3, -0.25) is 4.98 Å². The summed E-state index contributed by atoms with van der Waals surface area (Å²) in [5.74, 6) is 0.516. The molecule has 1 aliphatic rings. The highest BCUT2D eigenvalue weighted by Crippen LogP contribution is 2.43. The SMILES string of the molecule is CC(C)c1ccc(N2C(=S)N[C@@H](c3ccccn3)[C@H]2c2cccs2)cc1. The fourth-order valence-electron chi connectivity index (χ4n) is 3.40. The highest BCUT2D eigenvalue weighted by Gasteiger charge is 2.41. The number of hydrogen-bond acceptors (Lipinski definition) is 3. The second-order valence-electron chi connectivity index (χ2n) is 6.76. The monoisotopic (exact) mass is 379 g/mol. The Kier molecular flexibility index (Phi) is 4.74. The maximum Gasteiger partial charge on any atom is 0.174 e. The number of rotatable bonds is 4. The van der Waals surface area contributed by atoms with Crippen LogP contribution in [0.5, 0.6) is 0 Å². The zero-order valence-corrected chi connectivity index (χ0v) is 16.4. The molecule has 132 valence electrons. The van der Waals surface area contributed by atoms with Crippen LogP contribution >= 0.6 is 23.6 Å². The average molecular weight is 380 g/mol. The predicted molar refractivity (Wildman–Crippen MR) is 113 cm³/mol. The van der Waals surface area contributed by atoms with E-state index in [1.54, 1.807) is 11.3 Å². The van der Waals surface area contributed by atoms with E-state index in [9.17, 15) is 0 Å². The Hall–Kier alpha value is -2.24. The molecule has 3 heterocycles. The summed E-state index contributed by atoms with van der Waals surface area (Å²) in [6.07, 6.45) is 1.84. The molecule has 0 spiro atoms. The predicted octanol–water partition coefficient (Wildman–Crippen LogP) is 5.44. The Morgan fingerprint density at radius 3 is 2.50 bits per heavy atom. The summed E-state index contributed by atoms with van der Waals surface area (Å²) < 4.78 is 0. The van der Waals surface area contributed by atoms with Crippen molar-refractivity contribution in [3.63, 3.8) is 0 Å². The molecule has 4 rings (SSSR count). The summed E-state index contributed by atoms with van der Waals surface area (Å²) in [6, 6.07) is 19.2. The fourth-order valence-corrected chi connectivity index (χ4v) is 4.60. The van der Waals surface area contributed by atoms with Crippen LogP contribution in [0.15, 0.2) is 66.2 Å². The van der Waals surface area contributed by atoms with Crippen molar-refractivity contribution in [1.82, 2.24) is 10.3 Å². The van der Waals surface area contributed by atoms with Crippen molar-refractivity contribution in [2.45, 2.75) is 31.8 Å². The van der Waals surface area contributed by atoms with Crippen molar-refractivity contribution >= 4 is 34.4 Å². The lowest BCUT2D eigenvalue weighted by atomic mass is 10.0. The summed E-state index contributed by atoms with van der Waals surface area (Å²) >= 11 is 7.48. The van der Waals surface area contributed by atoms with Gasteiger partial charge in [-0.15, -0.1) is 11.3 Å². The van der Waals surface area contributed by atoms with Crippen LogP contribution < -0.4 is 10.2 Å². The van der Waals surface area contributed by atoms with Gasteiger partial charge >= 0.3 is 0 Å². The van der Waals surface area contributed by atoms with Crippen LogP contribution in [-0.2, 0) is 0 Å². The van der Waals surface area contributed by atoms with Gasteiger partial charge in [-0.25, -0.2) is 0 Å². The molecule has 2 aromatic heterocycles. The third kappa shape index (κ3) is 3.13. The first-order valence-corrected chi connectivity index (χ1v) is 10.1. The lowest BCUT2D eigenvalue weighted by Crippen LogP contribution is -2.29. The zero-order chi connectivity index (χ0) is 18.1. The van der Waals surface area contributed by atoms with E-state index < -0.39 is 0 Å². The number of nitrogens with one attached hydrogen (secondary N) is 1. The van der Waals surface area contributed by atoms with Crippen LogP contribution in [0.2, 0.25) is 0 Å². The van der Waals surface area contributed by atoms with Crippen molar-refractivity contribution in [3.05, 3.63) is 82.3 Å². The van der Waals surface area contributed by atoms with Crippen molar-refractivity contribution in [2.24, 2.45) is 0 Å². The molecule has 0 bridgehead atoms. The Bertz CT molecular complexity index is 873. The molecule has 0 unspecified atom stereocenters. The first-order valence-electron chi connectivity index (χ1n) is 8.79. The van der Waals surface area contributed by atoms with Crippen LogP contribution in [0.1, 0.15) is 48.0 Å². The number of nitrogens with zero attached hydrogens (tertiary/aromatic N) is 2. The van der Waals surface area contributed by atoms with E-state index >= 15 is 0 Å². The highest BCUT2D eigenvalue weighted by atomic mass is 32.1. The van der Waals surface area contributed by atoms with Gasteiger partial charge in [0, 0.05) is 16.8 Å². The number of anilines is 1. The average Bonchev–Trinajstić information content (AvgIpc) is 3.30. The number of benzene rings is 1. The molecular formula is C21H21N3S2. The van der Waals surface area contributed by atoms with Crippen LogP contribution in [0, 0.1) is 0 Å². The molecule has 0 saturated carbocycles. The van der Waals surface area contributed by atoms with Gasteiger partial charge in [0.25, 0.3) is 0 Å². The van der Waals surface area contributed by atoms with Crippen LogP contribution in [0.25, 0.3) is 0 Å². The maximum atomic E-state index is 5.73. The van der Waals surface area contributed by atoms with E-state index in [1.165, 1.54) is 10.4 Å². The van der Waals surface area contributed by atoms with Crippen molar-refractivity contribution in [2.75, 3.05) is 4.90 Å². The van der Waals surface area contributed by atoms with Gasteiger partial charge in [0.05, 0.1) is 17.8 Å². The molecule has 0 aliphatic carbocycles. The maximum absolute atomic E-state index is 5.73. The molecule has 0 radical (unpaired) electrons. The van der Waals surface area contributed by atoms with E-state index in [4.69, 9.17) is 12.2 Å². The molecule has 2 atom stereocenters. The van der Waals surface area contributed by atoms with E-state index in [0.717, 1.165) is 16.5 Å². The first kappa shape index (κ1) is 17.2. The Morgan fingerprint density at radius 2 is 1.88 bits per heavy atom. The molecule has 1 saturated heterocycles. The topological polar surface area (TPSA) is 28.2 Å². The summed E-state index contributed by atoms with van der Waals surface area (Å²) in [4.78, 5) is 8.08. The lowest BCUT2D eigenvalue weighted by Gasteiger charge is -2.27. The Balaban J connectivity index is 1.76. The highest BCUT2D eigenvalue weighted by molar-refractivity contribution is 7.80. The molecule has 3 nitrogen and oxygen atoms in total. The molecule has 26 heavy (non-hydrogen) atoms. The molecule has 1 fully saturated rings. The quantitative estimate of drug-likeness (QED) is 0.611. The van der Waals surface area contributed by atoms with Crippen molar-refractivity contribution in [3.8, 4) is 0 Å². The summed E-state index contributed by atoms with van der Waals surface area (Å²) in [5.41, 5.74) is 3.46. The molecule has 0 amide bonds. The van der Waals surface area contributed by atoms with Gasteiger partial charge < -0.3 is 10.2 Å². The van der Waals surface area contributed by atoms with Crippen molar-refractivity contribution in [1.29, 1.82) is 0 Å². The second kappa shape index (κ2) is 7.17. The van der Waals surface area contributed by atoms with E-state index in [0.29, 0.717) is 5.92 Å². The molecule has 1 N–H and O–H groups in total.